The molecule has 1 fully saturated rings. The number of aromatic nitrogens is 2. The number of hydrogen-bond acceptors (Lipinski definition) is 6. The van der Waals surface area contributed by atoms with Crippen molar-refractivity contribution in [1.29, 1.82) is 0 Å². The van der Waals surface area contributed by atoms with Crippen LogP contribution in [0.15, 0.2) is 36.7 Å². The molecule has 7 nitrogen and oxygen atoms in total. The Kier molecular flexibility index (Phi) is 5.39. The van der Waals surface area contributed by atoms with E-state index in [4.69, 9.17) is 9.84 Å². The molecule has 0 aliphatic carbocycles. The second kappa shape index (κ2) is 7.89. The highest BCUT2D eigenvalue weighted by Crippen LogP contribution is 2.19. The normalized spacial score (nSPS) is 17.0. The minimum Gasteiger partial charge on any atom is -0.474 e. The minimum absolute atomic E-state index is 0.0344. The van der Waals surface area contributed by atoms with Crippen LogP contribution in [0, 0.1) is 5.82 Å². The fourth-order valence-electron chi connectivity index (χ4n) is 2.66. The Morgan fingerprint density at radius 3 is 2.88 bits per heavy atom. The smallest absolute Gasteiger partial charge is 0.245 e. The monoisotopic (exact) mass is 346 g/mol. The first kappa shape index (κ1) is 17.1. The topological polar surface area (TPSA) is 87.6 Å². The Hall–Kier alpha value is -2.74. The van der Waals surface area contributed by atoms with Crippen molar-refractivity contribution in [2.24, 2.45) is 0 Å². The Labute approximate surface area is 144 Å². The molecule has 132 valence electrons. The predicted octanol–water partition coefficient (Wildman–Crippen LogP) is 1.20. The van der Waals surface area contributed by atoms with Gasteiger partial charge in [0, 0.05) is 13.1 Å². The maximum Gasteiger partial charge on any atom is 0.245 e. The lowest BCUT2D eigenvalue weighted by molar-refractivity contribution is -0.128. The highest BCUT2D eigenvalue weighted by atomic mass is 19.1. The Bertz CT molecular complexity index is 726. The van der Waals surface area contributed by atoms with Crippen LogP contribution in [-0.2, 0) is 11.3 Å². The van der Waals surface area contributed by atoms with Gasteiger partial charge in [0.25, 0.3) is 0 Å². The van der Waals surface area contributed by atoms with Crippen molar-refractivity contribution in [2.75, 3.05) is 25.1 Å². The van der Waals surface area contributed by atoms with Crippen molar-refractivity contribution < 1.29 is 19.0 Å². The Balaban J connectivity index is 1.59. The maximum atomic E-state index is 13.0. The van der Waals surface area contributed by atoms with E-state index in [2.05, 4.69) is 15.3 Å². The zero-order valence-electron chi connectivity index (χ0n) is 13.6. The van der Waals surface area contributed by atoms with Gasteiger partial charge < -0.3 is 20.1 Å². The van der Waals surface area contributed by atoms with Crippen LogP contribution in [0.1, 0.15) is 12.0 Å². The molecule has 1 aliphatic heterocycles. The summed E-state index contributed by atoms with van der Waals surface area (Å²) >= 11 is 0. The number of halogens is 1. The van der Waals surface area contributed by atoms with Gasteiger partial charge in [0.15, 0.2) is 0 Å². The van der Waals surface area contributed by atoms with Gasteiger partial charge in [0.05, 0.1) is 19.0 Å². The molecule has 0 spiro atoms. The molecule has 2 heterocycles. The molecule has 0 bridgehead atoms. The van der Waals surface area contributed by atoms with Crippen molar-refractivity contribution in [2.45, 2.75) is 19.0 Å². The zero-order valence-corrected chi connectivity index (χ0v) is 13.6. The number of benzene rings is 1. The first-order chi connectivity index (χ1) is 12.2. The number of hydrogen-bond donors (Lipinski definition) is 2. The van der Waals surface area contributed by atoms with Gasteiger partial charge in [0.2, 0.25) is 11.8 Å². The molecule has 1 aromatic carbocycles. The van der Waals surface area contributed by atoms with Crippen LogP contribution in [-0.4, -0.2) is 51.7 Å². The van der Waals surface area contributed by atoms with E-state index in [1.54, 1.807) is 17.0 Å². The van der Waals surface area contributed by atoms with Gasteiger partial charge in [-0.05, 0) is 24.1 Å². The molecule has 2 aromatic rings. The van der Waals surface area contributed by atoms with Crippen LogP contribution in [0.3, 0.4) is 0 Å². The van der Waals surface area contributed by atoms with Crippen LogP contribution in [0.5, 0.6) is 5.88 Å². The minimum atomic E-state index is -0.386. The van der Waals surface area contributed by atoms with E-state index in [0.717, 1.165) is 5.56 Å². The Morgan fingerprint density at radius 2 is 2.12 bits per heavy atom. The average molecular weight is 346 g/mol. The number of ether oxygens (including phenoxy) is 1. The predicted molar refractivity (Wildman–Crippen MR) is 88.5 cm³/mol. The van der Waals surface area contributed by atoms with Crippen LogP contribution < -0.4 is 10.1 Å². The molecule has 1 amide bonds. The van der Waals surface area contributed by atoms with Gasteiger partial charge in [0.1, 0.15) is 24.3 Å². The van der Waals surface area contributed by atoms with E-state index in [0.29, 0.717) is 25.3 Å². The van der Waals surface area contributed by atoms with Gasteiger partial charge >= 0.3 is 0 Å². The molecule has 1 unspecified atom stereocenters. The number of aliphatic hydroxyl groups excluding tert-OH is 1. The molecule has 25 heavy (non-hydrogen) atoms. The fourth-order valence-corrected chi connectivity index (χ4v) is 2.66. The summed E-state index contributed by atoms with van der Waals surface area (Å²) in [5.41, 5.74) is 0.884. The van der Waals surface area contributed by atoms with Gasteiger partial charge in [-0.2, -0.15) is 4.98 Å². The van der Waals surface area contributed by atoms with Gasteiger partial charge in [-0.25, -0.2) is 4.39 Å². The molecule has 1 atom stereocenters. The van der Waals surface area contributed by atoms with E-state index >= 15 is 0 Å². The molecule has 1 aliphatic rings. The SMILES string of the molecule is O=C1C(Nc2cncc(OCCO)n2)CCN1Cc1ccc(F)cc1. The molecule has 1 aromatic heterocycles. The third-order valence-corrected chi connectivity index (χ3v) is 3.86. The number of nitrogens with zero attached hydrogens (tertiary/aromatic N) is 3. The number of amides is 1. The van der Waals surface area contributed by atoms with E-state index in [1.165, 1.54) is 24.5 Å². The lowest BCUT2D eigenvalue weighted by atomic mass is 10.2. The number of carbonyl (C=O) groups excluding carboxylic acids is 1. The third kappa shape index (κ3) is 4.42. The summed E-state index contributed by atoms with van der Waals surface area (Å²) in [5, 5.41) is 11.8. The van der Waals surface area contributed by atoms with E-state index in [1.807, 2.05) is 0 Å². The van der Waals surface area contributed by atoms with Crippen molar-refractivity contribution in [3.05, 3.63) is 48.0 Å². The summed E-state index contributed by atoms with van der Waals surface area (Å²) in [6.45, 7) is 1.08. The first-order valence-electron chi connectivity index (χ1n) is 8.01. The van der Waals surface area contributed by atoms with Crippen molar-refractivity contribution in [3.63, 3.8) is 0 Å². The standard InChI is InChI=1S/C17H19FN4O3/c18-13-3-1-12(2-4-13)11-22-6-5-14(17(22)24)20-15-9-19-10-16(21-15)25-8-7-23/h1-4,9-10,14,23H,5-8,11H2,(H,20,21). The highest BCUT2D eigenvalue weighted by Gasteiger charge is 2.31. The lowest BCUT2D eigenvalue weighted by Crippen LogP contribution is -2.33. The second-order valence-corrected chi connectivity index (χ2v) is 5.69. The summed E-state index contributed by atoms with van der Waals surface area (Å²) in [7, 11) is 0. The number of nitrogens with one attached hydrogen (secondary N) is 1. The molecular formula is C17H19FN4O3. The van der Waals surface area contributed by atoms with Crippen LogP contribution in [0.4, 0.5) is 10.2 Å². The van der Waals surface area contributed by atoms with Crippen molar-refractivity contribution >= 4 is 11.7 Å². The third-order valence-electron chi connectivity index (χ3n) is 3.86. The number of aliphatic hydroxyl groups is 1. The van der Waals surface area contributed by atoms with E-state index in [9.17, 15) is 9.18 Å². The number of anilines is 1. The number of likely N-dealkylation sites (tertiary alicyclic amines) is 1. The van der Waals surface area contributed by atoms with Crippen molar-refractivity contribution in [1.82, 2.24) is 14.9 Å². The summed E-state index contributed by atoms with van der Waals surface area (Å²) < 4.78 is 18.2. The van der Waals surface area contributed by atoms with Crippen LogP contribution >= 0.6 is 0 Å². The highest BCUT2D eigenvalue weighted by molar-refractivity contribution is 5.86. The number of carbonyl (C=O) groups is 1. The lowest BCUT2D eigenvalue weighted by Gasteiger charge is -2.17. The summed E-state index contributed by atoms with van der Waals surface area (Å²) in [6, 6.07) is 5.74. The van der Waals surface area contributed by atoms with Gasteiger partial charge in [-0.1, -0.05) is 12.1 Å². The van der Waals surface area contributed by atoms with E-state index in [-0.39, 0.29) is 36.9 Å². The van der Waals surface area contributed by atoms with Crippen molar-refractivity contribution in [3.8, 4) is 5.88 Å². The molecule has 3 rings (SSSR count). The average Bonchev–Trinajstić information content (AvgIpc) is 2.95. The Morgan fingerprint density at radius 1 is 1.32 bits per heavy atom. The maximum absolute atomic E-state index is 13.0. The van der Waals surface area contributed by atoms with Crippen LogP contribution in [0.25, 0.3) is 0 Å². The quantitative estimate of drug-likeness (QED) is 0.783. The van der Waals surface area contributed by atoms with Crippen LogP contribution in [0.2, 0.25) is 0 Å². The zero-order chi connectivity index (χ0) is 17.6. The first-order valence-corrected chi connectivity index (χ1v) is 8.01. The molecule has 8 heteroatoms. The van der Waals surface area contributed by atoms with Gasteiger partial charge in [-0.3, -0.25) is 9.78 Å². The molecule has 0 radical (unpaired) electrons. The number of rotatable bonds is 7. The summed E-state index contributed by atoms with van der Waals surface area (Å²) in [5.74, 6) is 0.399. The molecular weight excluding hydrogens is 327 g/mol. The fraction of sp³-hybridized carbons (Fsp3) is 0.353. The largest absolute Gasteiger partial charge is 0.474 e. The summed E-state index contributed by atoms with van der Waals surface area (Å²) in [6.07, 6.45) is 3.60. The van der Waals surface area contributed by atoms with E-state index < -0.39 is 0 Å². The second-order valence-electron chi connectivity index (χ2n) is 5.69. The van der Waals surface area contributed by atoms with Gasteiger partial charge in [-0.15, -0.1) is 0 Å². The molecule has 0 saturated carbocycles. The molecule has 2 N–H and O–H groups in total. The molecule has 1 saturated heterocycles. The summed E-state index contributed by atoms with van der Waals surface area (Å²) in [4.78, 5) is 22.5.